The molecule has 2 aliphatic rings. The van der Waals surface area contributed by atoms with E-state index in [1.807, 2.05) is 0 Å². The van der Waals surface area contributed by atoms with Gasteiger partial charge in [0.1, 0.15) is 19.3 Å². The van der Waals surface area contributed by atoms with Gasteiger partial charge < -0.3 is 14.6 Å². The maximum Gasteiger partial charge on any atom is 0.306 e. The molecule has 172 valence electrons. The van der Waals surface area contributed by atoms with Crippen LogP contribution >= 0.6 is 0 Å². The van der Waals surface area contributed by atoms with Crippen molar-refractivity contribution in [2.24, 2.45) is 22.7 Å². The van der Waals surface area contributed by atoms with Crippen LogP contribution in [-0.4, -0.2) is 36.4 Å². The van der Waals surface area contributed by atoms with Crippen molar-refractivity contribution in [2.75, 3.05) is 13.2 Å². The summed E-state index contributed by atoms with van der Waals surface area (Å²) in [5, 5.41) is 9.70. The van der Waals surface area contributed by atoms with E-state index in [1.165, 1.54) is 39.0 Å². The first-order valence-corrected chi connectivity index (χ1v) is 11.6. The number of hydrogen-bond donors (Lipinski definition) is 1. The molecule has 0 aromatic carbocycles. The fraction of sp³-hybridized carbons (Fsp3) is 0.840. The highest BCUT2D eigenvalue weighted by Crippen LogP contribution is 2.60. The summed E-state index contributed by atoms with van der Waals surface area (Å²) >= 11 is 0. The summed E-state index contributed by atoms with van der Waals surface area (Å²) in [4.78, 5) is 22.9. The number of aliphatic hydroxyl groups is 1. The van der Waals surface area contributed by atoms with Crippen LogP contribution in [0.2, 0.25) is 0 Å². The Hall–Kier alpha value is -1.36. The molecule has 5 nitrogen and oxygen atoms in total. The Morgan fingerprint density at radius 1 is 1.17 bits per heavy atom. The van der Waals surface area contributed by atoms with Crippen LogP contribution in [0, 0.1) is 22.7 Å². The van der Waals surface area contributed by atoms with Crippen molar-refractivity contribution >= 4 is 11.9 Å². The summed E-state index contributed by atoms with van der Waals surface area (Å²) in [6.45, 7) is 12.8. The van der Waals surface area contributed by atoms with Crippen molar-refractivity contribution in [1.29, 1.82) is 0 Å². The van der Waals surface area contributed by atoms with Crippen molar-refractivity contribution in [2.45, 2.75) is 99.0 Å². The predicted molar refractivity (Wildman–Crippen MR) is 118 cm³/mol. The summed E-state index contributed by atoms with van der Waals surface area (Å²) in [5.41, 5.74) is 3.91. The normalized spacial score (nSPS) is 27.8. The molecule has 1 N–H and O–H groups in total. The van der Waals surface area contributed by atoms with E-state index in [9.17, 15) is 14.7 Å². The third-order valence-electron chi connectivity index (χ3n) is 7.56. The molecular formula is C25H42O5. The number of rotatable bonds is 9. The van der Waals surface area contributed by atoms with Crippen LogP contribution in [0.1, 0.15) is 92.9 Å². The lowest BCUT2D eigenvalue weighted by atomic mass is 9.50. The number of hydrogen-bond acceptors (Lipinski definition) is 5. The number of carbonyl (C=O) groups is 2. The van der Waals surface area contributed by atoms with Crippen molar-refractivity contribution in [1.82, 2.24) is 0 Å². The molecule has 0 amide bonds. The number of ether oxygens (including phenoxy) is 2. The van der Waals surface area contributed by atoms with Gasteiger partial charge in [0, 0.05) is 13.3 Å². The van der Waals surface area contributed by atoms with Crippen LogP contribution in [-0.2, 0) is 19.1 Å². The van der Waals surface area contributed by atoms with Gasteiger partial charge in [-0.05, 0) is 68.1 Å². The SMILES string of the molecule is CC(=O)OC[C@@H](O)COC(=O)C[C@H](C)CCC1=C(C)CCC2C(C)(C)CCC[C@@]12C. The van der Waals surface area contributed by atoms with E-state index >= 15 is 0 Å². The van der Waals surface area contributed by atoms with E-state index in [4.69, 9.17) is 9.47 Å². The van der Waals surface area contributed by atoms with Gasteiger partial charge in [0.25, 0.3) is 0 Å². The van der Waals surface area contributed by atoms with Gasteiger partial charge in [-0.2, -0.15) is 0 Å². The van der Waals surface area contributed by atoms with E-state index < -0.39 is 12.1 Å². The van der Waals surface area contributed by atoms with E-state index in [0.717, 1.165) is 18.8 Å². The zero-order valence-electron chi connectivity index (χ0n) is 19.9. The maximum absolute atomic E-state index is 12.1. The van der Waals surface area contributed by atoms with Gasteiger partial charge in [-0.15, -0.1) is 0 Å². The number of fused-ring (bicyclic) bond motifs is 1. The molecule has 1 saturated carbocycles. The summed E-state index contributed by atoms with van der Waals surface area (Å²) < 4.78 is 9.88. The molecule has 4 atom stereocenters. The average molecular weight is 423 g/mol. The molecule has 0 bridgehead atoms. The quantitative estimate of drug-likeness (QED) is 0.408. The third-order valence-corrected chi connectivity index (χ3v) is 7.56. The van der Waals surface area contributed by atoms with Crippen LogP contribution in [0.5, 0.6) is 0 Å². The van der Waals surface area contributed by atoms with Gasteiger partial charge in [-0.25, -0.2) is 0 Å². The highest BCUT2D eigenvalue weighted by molar-refractivity contribution is 5.69. The number of carbonyl (C=O) groups excluding carboxylic acids is 2. The Labute approximate surface area is 182 Å². The Bertz CT molecular complexity index is 650. The van der Waals surface area contributed by atoms with Gasteiger partial charge in [0.05, 0.1) is 0 Å². The maximum atomic E-state index is 12.1. The van der Waals surface area contributed by atoms with Gasteiger partial charge in [0.15, 0.2) is 0 Å². The third kappa shape index (κ3) is 6.32. The van der Waals surface area contributed by atoms with E-state index in [-0.39, 0.29) is 25.1 Å². The minimum absolute atomic E-state index is 0.141. The minimum atomic E-state index is -0.977. The van der Waals surface area contributed by atoms with E-state index in [0.29, 0.717) is 17.3 Å². The number of aliphatic hydroxyl groups excluding tert-OH is 1. The molecule has 2 rings (SSSR count). The van der Waals surface area contributed by atoms with Crippen LogP contribution in [0.15, 0.2) is 11.1 Å². The molecule has 1 unspecified atom stereocenters. The second-order valence-corrected chi connectivity index (χ2v) is 10.6. The van der Waals surface area contributed by atoms with E-state index in [2.05, 4.69) is 34.6 Å². The molecule has 0 spiro atoms. The summed E-state index contributed by atoms with van der Waals surface area (Å²) in [6, 6.07) is 0. The topological polar surface area (TPSA) is 72.8 Å². The lowest BCUT2D eigenvalue weighted by Crippen LogP contribution is -2.45. The molecule has 2 aliphatic carbocycles. The number of esters is 2. The Morgan fingerprint density at radius 2 is 1.83 bits per heavy atom. The molecule has 0 heterocycles. The minimum Gasteiger partial charge on any atom is -0.463 e. The Kier molecular flexibility index (Phi) is 8.55. The monoisotopic (exact) mass is 422 g/mol. The van der Waals surface area contributed by atoms with Gasteiger partial charge in [-0.1, -0.05) is 45.3 Å². The lowest BCUT2D eigenvalue weighted by molar-refractivity contribution is -0.151. The van der Waals surface area contributed by atoms with E-state index in [1.54, 1.807) is 11.1 Å². The van der Waals surface area contributed by atoms with Crippen LogP contribution < -0.4 is 0 Å². The van der Waals surface area contributed by atoms with Crippen LogP contribution in [0.4, 0.5) is 0 Å². The van der Waals surface area contributed by atoms with Crippen molar-refractivity contribution in [3.05, 3.63) is 11.1 Å². The van der Waals surface area contributed by atoms with Gasteiger partial charge in [-0.3, -0.25) is 9.59 Å². The average Bonchev–Trinajstić information content (AvgIpc) is 2.63. The first kappa shape index (κ1) is 24.9. The fourth-order valence-corrected chi connectivity index (χ4v) is 5.98. The molecule has 0 aromatic heterocycles. The smallest absolute Gasteiger partial charge is 0.306 e. The molecule has 5 heteroatoms. The summed E-state index contributed by atoms with van der Waals surface area (Å²) in [6.07, 6.45) is 7.81. The van der Waals surface area contributed by atoms with Crippen molar-refractivity contribution in [3.63, 3.8) is 0 Å². The summed E-state index contributed by atoms with van der Waals surface area (Å²) in [7, 11) is 0. The van der Waals surface area contributed by atoms with Gasteiger partial charge in [0.2, 0.25) is 0 Å². The van der Waals surface area contributed by atoms with Crippen molar-refractivity contribution < 1.29 is 24.2 Å². The lowest BCUT2D eigenvalue weighted by Gasteiger charge is -2.55. The Morgan fingerprint density at radius 3 is 2.50 bits per heavy atom. The molecule has 0 aliphatic heterocycles. The molecular weight excluding hydrogens is 380 g/mol. The molecule has 0 aromatic rings. The largest absolute Gasteiger partial charge is 0.463 e. The molecule has 30 heavy (non-hydrogen) atoms. The molecule has 1 fully saturated rings. The number of allylic oxidation sites excluding steroid dienone is 2. The zero-order chi connectivity index (χ0) is 22.5. The standard InChI is InChI=1S/C25H42O5/c1-17(14-23(28)30-16-20(27)15-29-19(3)26)8-10-21-18(2)9-11-22-24(4,5)12-7-13-25(21,22)6/h17,20,22,27H,7-16H2,1-6H3/t17-,20-,22?,25+/m1/s1. The zero-order valence-corrected chi connectivity index (χ0v) is 19.9. The first-order chi connectivity index (χ1) is 14.0. The second-order valence-electron chi connectivity index (χ2n) is 10.6. The highest BCUT2D eigenvalue weighted by Gasteiger charge is 2.49. The predicted octanol–water partition coefficient (Wildman–Crippen LogP) is 5.20. The van der Waals surface area contributed by atoms with Crippen LogP contribution in [0.3, 0.4) is 0 Å². The van der Waals surface area contributed by atoms with Crippen LogP contribution in [0.25, 0.3) is 0 Å². The molecule has 0 saturated heterocycles. The van der Waals surface area contributed by atoms with Crippen molar-refractivity contribution in [3.8, 4) is 0 Å². The first-order valence-electron chi connectivity index (χ1n) is 11.6. The fourth-order valence-electron chi connectivity index (χ4n) is 5.98. The molecule has 0 radical (unpaired) electrons. The second kappa shape index (κ2) is 10.3. The summed E-state index contributed by atoms with van der Waals surface area (Å²) in [5.74, 6) is 0.209. The van der Waals surface area contributed by atoms with Gasteiger partial charge >= 0.3 is 11.9 Å². The highest BCUT2D eigenvalue weighted by atomic mass is 16.6. The Balaban J connectivity index is 1.85.